The van der Waals surface area contributed by atoms with Crippen LogP contribution in [0.4, 0.5) is 5.69 Å². The van der Waals surface area contributed by atoms with Gasteiger partial charge in [-0.3, -0.25) is 4.79 Å². The summed E-state index contributed by atoms with van der Waals surface area (Å²) in [5.74, 6) is -0.328. The van der Waals surface area contributed by atoms with E-state index >= 15 is 0 Å². The number of hydrogen-bond acceptors (Lipinski definition) is 4. The van der Waals surface area contributed by atoms with Crippen molar-refractivity contribution in [3.63, 3.8) is 0 Å². The summed E-state index contributed by atoms with van der Waals surface area (Å²) in [7, 11) is -2.65. The Kier molecular flexibility index (Phi) is 8.37. The van der Waals surface area contributed by atoms with Crippen LogP contribution in [-0.4, -0.2) is 38.8 Å². The van der Waals surface area contributed by atoms with E-state index in [1.54, 1.807) is 37.3 Å². The highest BCUT2D eigenvalue weighted by molar-refractivity contribution is 7.89. The van der Waals surface area contributed by atoms with E-state index in [1.807, 2.05) is 30.3 Å². The van der Waals surface area contributed by atoms with Gasteiger partial charge in [-0.2, -0.15) is 4.31 Å². The number of carbonyl (C=O) groups excluding carboxylic acids is 1. The summed E-state index contributed by atoms with van der Waals surface area (Å²) in [6.45, 7) is 1.48. The monoisotopic (exact) mass is 506 g/mol. The van der Waals surface area contributed by atoms with Crippen molar-refractivity contribution in [3.8, 4) is 5.75 Å². The van der Waals surface area contributed by atoms with Gasteiger partial charge in [0.1, 0.15) is 10.6 Å². The van der Waals surface area contributed by atoms with E-state index in [0.717, 1.165) is 15.4 Å². The van der Waals surface area contributed by atoms with Crippen molar-refractivity contribution in [1.82, 2.24) is 4.31 Å². The van der Waals surface area contributed by atoms with Crippen molar-refractivity contribution >= 4 is 44.8 Å². The lowest BCUT2D eigenvalue weighted by Crippen LogP contribution is -2.39. The maximum atomic E-state index is 13.6. The number of aryl methyl sites for hydroxylation is 1. The Balaban J connectivity index is 1.91. The lowest BCUT2D eigenvalue weighted by Gasteiger charge is -2.23. The first-order chi connectivity index (χ1) is 15.7. The molecule has 0 aliphatic heterocycles. The zero-order chi connectivity index (χ0) is 24.0. The SMILES string of the molecule is COc1ccc(C)cc1S(=O)(=O)N(CCc1ccccc1)CC(=O)Nc1cccc(Cl)c1Cl. The largest absolute Gasteiger partial charge is 0.495 e. The van der Waals surface area contributed by atoms with Crippen molar-refractivity contribution in [2.45, 2.75) is 18.2 Å². The van der Waals surface area contributed by atoms with Gasteiger partial charge in [-0.1, -0.05) is 65.7 Å². The summed E-state index contributed by atoms with van der Waals surface area (Å²) in [6, 6.07) is 19.2. The molecule has 0 bridgehead atoms. The normalized spacial score (nSPS) is 11.4. The van der Waals surface area contributed by atoms with E-state index < -0.39 is 22.5 Å². The minimum absolute atomic E-state index is 0.00616. The number of nitrogens with zero attached hydrogens (tertiary/aromatic N) is 1. The second-order valence-corrected chi connectivity index (χ2v) is 10.1. The number of carbonyl (C=O) groups is 1. The van der Waals surface area contributed by atoms with E-state index in [2.05, 4.69) is 5.32 Å². The number of nitrogens with one attached hydrogen (secondary N) is 1. The number of ether oxygens (including phenoxy) is 1. The van der Waals surface area contributed by atoms with Crippen LogP contribution >= 0.6 is 23.2 Å². The van der Waals surface area contributed by atoms with Gasteiger partial charge in [0.2, 0.25) is 15.9 Å². The molecule has 0 saturated heterocycles. The van der Waals surface area contributed by atoms with Crippen LogP contribution in [0, 0.1) is 6.92 Å². The topological polar surface area (TPSA) is 75.7 Å². The Hall–Kier alpha value is -2.58. The molecule has 174 valence electrons. The van der Waals surface area contributed by atoms with Crippen LogP contribution < -0.4 is 10.1 Å². The summed E-state index contributed by atoms with van der Waals surface area (Å²) >= 11 is 12.2. The first kappa shape index (κ1) is 25.1. The Bertz CT molecular complexity index is 1230. The molecule has 3 aromatic carbocycles. The highest BCUT2D eigenvalue weighted by Gasteiger charge is 2.30. The number of anilines is 1. The van der Waals surface area contributed by atoms with Crippen molar-refractivity contribution in [2.24, 2.45) is 0 Å². The smallest absolute Gasteiger partial charge is 0.247 e. The molecular weight excluding hydrogens is 483 g/mol. The molecule has 0 unspecified atom stereocenters. The standard InChI is InChI=1S/C24H24Cl2N2O4S/c1-17-11-12-21(32-2)22(15-17)33(30,31)28(14-13-18-7-4-3-5-8-18)16-23(29)27-20-10-6-9-19(25)24(20)26/h3-12,15H,13-14,16H2,1-2H3,(H,27,29). The lowest BCUT2D eigenvalue weighted by atomic mass is 10.1. The number of rotatable bonds is 9. The average Bonchev–Trinajstić information content (AvgIpc) is 2.80. The van der Waals surface area contributed by atoms with E-state index in [1.165, 1.54) is 13.2 Å². The maximum Gasteiger partial charge on any atom is 0.247 e. The van der Waals surface area contributed by atoms with Crippen LogP contribution in [0.5, 0.6) is 5.75 Å². The molecule has 0 aliphatic rings. The summed E-state index contributed by atoms with van der Waals surface area (Å²) in [5.41, 5.74) is 2.02. The van der Waals surface area contributed by atoms with Gasteiger partial charge in [0, 0.05) is 6.54 Å². The Morgan fingerprint density at radius 3 is 2.45 bits per heavy atom. The zero-order valence-electron chi connectivity index (χ0n) is 18.2. The molecule has 3 rings (SSSR count). The third kappa shape index (κ3) is 6.26. The molecule has 0 fully saturated rings. The lowest BCUT2D eigenvalue weighted by molar-refractivity contribution is -0.116. The number of hydrogen-bond donors (Lipinski definition) is 1. The Labute approximate surface area is 204 Å². The third-order valence-electron chi connectivity index (χ3n) is 4.98. The minimum atomic E-state index is -4.05. The molecule has 9 heteroatoms. The number of benzene rings is 3. The molecule has 1 amide bonds. The third-order valence-corrected chi connectivity index (χ3v) is 7.66. The Morgan fingerprint density at radius 2 is 1.76 bits per heavy atom. The van der Waals surface area contributed by atoms with Crippen molar-refractivity contribution in [2.75, 3.05) is 25.5 Å². The van der Waals surface area contributed by atoms with E-state index in [9.17, 15) is 13.2 Å². The number of methoxy groups -OCH3 is 1. The van der Waals surface area contributed by atoms with Gasteiger partial charge in [-0.25, -0.2) is 8.42 Å². The molecule has 0 radical (unpaired) electrons. The second-order valence-electron chi connectivity index (χ2n) is 7.38. The van der Waals surface area contributed by atoms with Gasteiger partial charge in [0.25, 0.3) is 0 Å². The molecule has 0 aromatic heterocycles. The summed E-state index contributed by atoms with van der Waals surface area (Å²) in [4.78, 5) is 12.9. The molecule has 1 N–H and O–H groups in total. The van der Waals surface area contributed by atoms with Gasteiger partial charge < -0.3 is 10.1 Å². The molecule has 3 aromatic rings. The second kappa shape index (κ2) is 11.0. The van der Waals surface area contributed by atoms with E-state index in [-0.39, 0.29) is 27.2 Å². The van der Waals surface area contributed by atoms with E-state index in [4.69, 9.17) is 27.9 Å². The predicted octanol–water partition coefficient (Wildman–Crippen LogP) is 5.18. The van der Waals surface area contributed by atoms with Gasteiger partial charge in [-0.15, -0.1) is 0 Å². The predicted molar refractivity (Wildman–Crippen MR) is 132 cm³/mol. The maximum absolute atomic E-state index is 13.6. The van der Waals surface area contributed by atoms with E-state index in [0.29, 0.717) is 12.1 Å². The molecule has 0 saturated carbocycles. The molecule has 6 nitrogen and oxygen atoms in total. The minimum Gasteiger partial charge on any atom is -0.495 e. The average molecular weight is 507 g/mol. The van der Waals surface area contributed by atoms with Crippen LogP contribution in [0.3, 0.4) is 0 Å². The van der Waals surface area contributed by atoms with Crippen LogP contribution in [0.25, 0.3) is 0 Å². The number of halogens is 2. The van der Waals surface area contributed by atoms with Crippen LogP contribution in [-0.2, 0) is 21.2 Å². The van der Waals surface area contributed by atoms with Crippen molar-refractivity contribution in [3.05, 3.63) is 87.9 Å². The number of sulfonamides is 1. The fourth-order valence-corrected chi connectivity index (χ4v) is 5.24. The van der Waals surface area contributed by atoms with Crippen LogP contribution in [0.2, 0.25) is 10.0 Å². The first-order valence-corrected chi connectivity index (χ1v) is 12.3. The molecule has 0 spiro atoms. The quantitative estimate of drug-likeness (QED) is 0.433. The summed E-state index contributed by atoms with van der Waals surface area (Å²) < 4.78 is 33.7. The molecule has 33 heavy (non-hydrogen) atoms. The highest BCUT2D eigenvalue weighted by atomic mass is 35.5. The number of amides is 1. The molecule has 0 atom stereocenters. The van der Waals surface area contributed by atoms with Crippen molar-refractivity contribution in [1.29, 1.82) is 0 Å². The van der Waals surface area contributed by atoms with Crippen LogP contribution in [0.15, 0.2) is 71.6 Å². The molecule has 0 aliphatic carbocycles. The van der Waals surface area contributed by atoms with Gasteiger partial charge in [-0.05, 0) is 48.7 Å². The highest BCUT2D eigenvalue weighted by Crippen LogP contribution is 2.30. The van der Waals surface area contributed by atoms with Crippen LogP contribution in [0.1, 0.15) is 11.1 Å². The summed E-state index contributed by atoms with van der Waals surface area (Å²) in [6.07, 6.45) is 0.430. The van der Waals surface area contributed by atoms with Gasteiger partial charge in [0.05, 0.1) is 29.4 Å². The van der Waals surface area contributed by atoms with Crippen molar-refractivity contribution < 1.29 is 17.9 Å². The summed E-state index contributed by atoms with van der Waals surface area (Å²) in [5, 5.41) is 3.12. The van der Waals surface area contributed by atoms with Gasteiger partial charge >= 0.3 is 0 Å². The molecular formula is C24H24Cl2N2O4S. The molecule has 0 heterocycles. The van der Waals surface area contributed by atoms with Gasteiger partial charge in [0.15, 0.2) is 0 Å². The first-order valence-electron chi connectivity index (χ1n) is 10.1. The zero-order valence-corrected chi connectivity index (χ0v) is 20.5. The fourth-order valence-electron chi connectivity index (χ4n) is 3.26. The Morgan fingerprint density at radius 1 is 1.03 bits per heavy atom. The fraction of sp³-hybridized carbons (Fsp3) is 0.208.